The normalized spacial score (nSPS) is 11.5. The van der Waals surface area contributed by atoms with E-state index in [2.05, 4.69) is 5.32 Å². The molecule has 0 atom stereocenters. The van der Waals surface area contributed by atoms with Crippen molar-refractivity contribution in [3.63, 3.8) is 0 Å². The molecule has 0 aliphatic heterocycles. The smallest absolute Gasteiger partial charge is 0.245 e. The van der Waals surface area contributed by atoms with Crippen molar-refractivity contribution in [3.05, 3.63) is 59.2 Å². The topological polar surface area (TPSA) is 66.5 Å². The van der Waals surface area contributed by atoms with Crippen molar-refractivity contribution < 1.29 is 13.2 Å². The lowest BCUT2D eigenvalue weighted by Crippen LogP contribution is -2.38. The van der Waals surface area contributed by atoms with Gasteiger partial charge in [-0.2, -0.15) is 0 Å². The maximum atomic E-state index is 12.5. The van der Waals surface area contributed by atoms with E-state index in [0.29, 0.717) is 11.4 Å². The highest BCUT2D eigenvalue weighted by Gasteiger charge is 2.24. The predicted octanol–water partition coefficient (Wildman–Crippen LogP) is 3.83. The van der Waals surface area contributed by atoms with Crippen LogP contribution in [-0.4, -0.2) is 27.1 Å². The summed E-state index contributed by atoms with van der Waals surface area (Å²) in [4.78, 5) is 12.5. The van der Waals surface area contributed by atoms with E-state index in [1.54, 1.807) is 12.1 Å². The lowest BCUT2D eigenvalue weighted by Gasteiger charge is -2.25. The van der Waals surface area contributed by atoms with E-state index in [4.69, 9.17) is 0 Å². The third kappa shape index (κ3) is 4.85. The molecule has 2 aromatic carbocycles. The van der Waals surface area contributed by atoms with Gasteiger partial charge in [0.05, 0.1) is 11.9 Å². The van der Waals surface area contributed by atoms with Crippen LogP contribution in [0.25, 0.3) is 0 Å². The lowest BCUT2D eigenvalue weighted by molar-refractivity contribution is -0.114. The lowest BCUT2D eigenvalue weighted by atomic mass is 10.0. The number of nitrogens with one attached hydrogen (secondary N) is 1. The number of hydrogen-bond donors (Lipinski definition) is 1. The van der Waals surface area contributed by atoms with Crippen LogP contribution >= 0.6 is 0 Å². The third-order valence-electron chi connectivity index (χ3n) is 4.31. The van der Waals surface area contributed by atoms with Crippen LogP contribution in [0, 0.1) is 13.8 Å². The highest BCUT2D eigenvalue weighted by molar-refractivity contribution is 7.92. The number of carbonyl (C=O) groups excluding carboxylic acids is 1. The first-order valence-corrected chi connectivity index (χ1v) is 10.4. The summed E-state index contributed by atoms with van der Waals surface area (Å²) in [6.07, 6.45) is 1.12. The van der Waals surface area contributed by atoms with Crippen molar-refractivity contribution in [2.75, 3.05) is 22.4 Å². The van der Waals surface area contributed by atoms with Crippen LogP contribution in [0.4, 0.5) is 11.4 Å². The summed E-state index contributed by atoms with van der Waals surface area (Å²) in [5.41, 5.74) is 4.28. The summed E-state index contributed by atoms with van der Waals surface area (Å²) in [5, 5.41) is 2.79. The number of hydrogen-bond acceptors (Lipinski definition) is 3. The molecule has 2 aromatic rings. The van der Waals surface area contributed by atoms with E-state index < -0.39 is 10.0 Å². The number of carbonyl (C=O) groups is 1. The first-order valence-electron chi connectivity index (χ1n) is 8.53. The molecule has 0 aromatic heterocycles. The molecule has 1 amide bonds. The molecular formula is C20H26N2O3S. The SMILES string of the molecule is Cc1ccc(NC(=O)CN(c2ccccc2C(C)C)S(C)(=O)=O)cc1C. The molecule has 0 unspecified atom stereocenters. The highest BCUT2D eigenvalue weighted by Crippen LogP contribution is 2.29. The molecule has 5 nitrogen and oxygen atoms in total. The fourth-order valence-corrected chi connectivity index (χ4v) is 3.61. The molecule has 0 heterocycles. The van der Waals surface area contributed by atoms with Crippen molar-refractivity contribution in [1.82, 2.24) is 0 Å². The zero-order chi connectivity index (χ0) is 19.5. The van der Waals surface area contributed by atoms with Gasteiger partial charge in [0.25, 0.3) is 0 Å². The zero-order valence-corrected chi connectivity index (χ0v) is 16.7. The highest BCUT2D eigenvalue weighted by atomic mass is 32.2. The van der Waals surface area contributed by atoms with E-state index in [0.717, 1.165) is 22.9 Å². The van der Waals surface area contributed by atoms with Crippen LogP contribution < -0.4 is 9.62 Å². The summed E-state index contributed by atoms with van der Waals surface area (Å²) in [5.74, 6) is -0.240. The largest absolute Gasteiger partial charge is 0.325 e. The van der Waals surface area contributed by atoms with Gasteiger partial charge in [-0.05, 0) is 54.7 Å². The van der Waals surface area contributed by atoms with Crippen LogP contribution in [0.1, 0.15) is 36.5 Å². The van der Waals surface area contributed by atoms with Gasteiger partial charge in [0.2, 0.25) is 15.9 Å². The number of sulfonamides is 1. The number of anilines is 2. The van der Waals surface area contributed by atoms with Crippen molar-refractivity contribution >= 4 is 27.3 Å². The first kappa shape index (κ1) is 20.0. The molecule has 0 saturated carbocycles. The van der Waals surface area contributed by atoms with E-state index in [1.165, 1.54) is 4.31 Å². The Morgan fingerprint density at radius 3 is 2.31 bits per heavy atom. The first-order chi connectivity index (χ1) is 12.1. The fourth-order valence-electron chi connectivity index (χ4n) is 2.73. The minimum Gasteiger partial charge on any atom is -0.325 e. The average Bonchev–Trinajstić information content (AvgIpc) is 2.55. The molecule has 2 rings (SSSR count). The molecule has 0 spiro atoms. The number of amides is 1. The van der Waals surface area contributed by atoms with Crippen LogP contribution in [0.15, 0.2) is 42.5 Å². The van der Waals surface area contributed by atoms with Crippen LogP contribution in [0.5, 0.6) is 0 Å². The Morgan fingerprint density at radius 2 is 1.73 bits per heavy atom. The molecule has 0 aliphatic rings. The predicted molar refractivity (Wildman–Crippen MR) is 107 cm³/mol. The second kappa shape index (κ2) is 7.91. The maximum absolute atomic E-state index is 12.5. The van der Waals surface area contributed by atoms with Crippen LogP contribution in [0.3, 0.4) is 0 Å². The van der Waals surface area contributed by atoms with Gasteiger partial charge in [0.15, 0.2) is 0 Å². The Labute approximate surface area is 156 Å². The number of para-hydroxylation sites is 1. The molecule has 0 radical (unpaired) electrons. The van der Waals surface area contributed by atoms with Gasteiger partial charge in [-0.1, -0.05) is 38.1 Å². The summed E-state index contributed by atoms with van der Waals surface area (Å²) < 4.78 is 25.8. The molecule has 6 heteroatoms. The Hall–Kier alpha value is -2.34. The average molecular weight is 375 g/mol. The molecule has 0 aliphatic carbocycles. The second-order valence-electron chi connectivity index (χ2n) is 6.83. The fraction of sp³-hybridized carbons (Fsp3) is 0.350. The van der Waals surface area contributed by atoms with Gasteiger partial charge in [-0.25, -0.2) is 8.42 Å². The van der Waals surface area contributed by atoms with E-state index in [1.807, 2.05) is 58.0 Å². The van der Waals surface area contributed by atoms with Crippen molar-refractivity contribution in [2.45, 2.75) is 33.6 Å². The molecule has 0 bridgehead atoms. The molecule has 1 N–H and O–H groups in total. The van der Waals surface area contributed by atoms with Crippen molar-refractivity contribution in [2.24, 2.45) is 0 Å². The number of aryl methyl sites for hydroxylation is 2. The van der Waals surface area contributed by atoms with Crippen molar-refractivity contribution in [1.29, 1.82) is 0 Å². The second-order valence-corrected chi connectivity index (χ2v) is 8.74. The Balaban J connectivity index is 2.29. The van der Waals surface area contributed by atoms with Gasteiger partial charge < -0.3 is 5.32 Å². The summed E-state index contributed by atoms with van der Waals surface area (Å²) in [6, 6.07) is 12.9. The Morgan fingerprint density at radius 1 is 1.08 bits per heavy atom. The number of benzene rings is 2. The van der Waals surface area contributed by atoms with Crippen molar-refractivity contribution in [3.8, 4) is 0 Å². The zero-order valence-electron chi connectivity index (χ0n) is 15.9. The molecule has 140 valence electrons. The van der Waals surface area contributed by atoms with E-state index >= 15 is 0 Å². The molecule has 0 fully saturated rings. The maximum Gasteiger partial charge on any atom is 0.245 e. The Bertz CT molecular complexity index is 905. The number of rotatable bonds is 6. The monoisotopic (exact) mass is 374 g/mol. The Kier molecular flexibility index (Phi) is 6.08. The number of nitrogens with zero attached hydrogens (tertiary/aromatic N) is 1. The van der Waals surface area contributed by atoms with Gasteiger partial charge >= 0.3 is 0 Å². The minimum atomic E-state index is -3.60. The standard InChI is InChI=1S/C20H26N2O3S/c1-14(2)18-8-6-7-9-19(18)22(26(5,24)25)13-20(23)21-17-11-10-15(3)16(4)12-17/h6-12,14H,13H2,1-5H3,(H,21,23). The third-order valence-corrected chi connectivity index (χ3v) is 5.43. The van der Waals surface area contributed by atoms with Crippen LogP contribution in [-0.2, 0) is 14.8 Å². The summed E-state index contributed by atoms with van der Waals surface area (Å²) >= 11 is 0. The van der Waals surface area contributed by atoms with Gasteiger partial charge in [-0.3, -0.25) is 9.10 Å². The van der Waals surface area contributed by atoms with E-state index in [-0.39, 0.29) is 18.4 Å². The van der Waals surface area contributed by atoms with Gasteiger partial charge in [-0.15, -0.1) is 0 Å². The molecular weight excluding hydrogens is 348 g/mol. The summed E-state index contributed by atoms with van der Waals surface area (Å²) in [6.45, 7) is 7.68. The molecule has 0 saturated heterocycles. The van der Waals surface area contributed by atoms with Crippen LogP contribution in [0.2, 0.25) is 0 Å². The minimum absolute atomic E-state index is 0.137. The molecule has 26 heavy (non-hydrogen) atoms. The quantitative estimate of drug-likeness (QED) is 0.835. The van der Waals surface area contributed by atoms with Gasteiger partial charge in [0, 0.05) is 5.69 Å². The van der Waals surface area contributed by atoms with E-state index in [9.17, 15) is 13.2 Å². The summed E-state index contributed by atoms with van der Waals surface area (Å²) in [7, 11) is -3.60. The van der Waals surface area contributed by atoms with Gasteiger partial charge in [0.1, 0.15) is 6.54 Å².